The summed E-state index contributed by atoms with van der Waals surface area (Å²) in [6.45, 7) is 4.55. The Labute approximate surface area is 125 Å². The average molecular weight is 292 g/mol. The molecule has 2 bridgehead atoms. The van der Waals surface area contributed by atoms with Gasteiger partial charge in [-0.3, -0.25) is 4.90 Å². The lowest BCUT2D eigenvalue weighted by Gasteiger charge is -2.25. The third-order valence-corrected chi connectivity index (χ3v) is 4.49. The molecule has 0 amide bonds. The van der Waals surface area contributed by atoms with Crippen molar-refractivity contribution < 1.29 is 4.74 Å². The van der Waals surface area contributed by atoms with E-state index in [1.165, 1.54) is 12.8 Å². The SMILES string of the molecule is CCCOc1nc(N)nc(N2CCC3CCC(C2)N3C)n1. The first-order valence-electron chi connectivity index (χ1n) is 7.78. The Balaban J connectivity index is 1.78. The standard InChI is InChI=1S/C14H24N6O/c1-3-8-21-14-17-12(15)16-13(18-14)20-7-6-10-4-5-11(9-20)19(10)2/h10-11H,3-9H2,1-2H3,(H2,15,16,17,18). The molecule has 2 saturated heterocycles. The summed E-state index contributed by atoms with van der Waals surface area (Å²) in [5, 5.41) is 0. The van der Waals surface area contributed by atoms with Crippen molar-refractivity contribution in [3.63, 3.8) is 0 Å². The molecule has 7 nitrogen and oxygen atoms in total. The Morgan fingerprint density at radius 3 is 2.81 bits per heavy atom. The van der Waals surface area contributed by atoms with Gasteiger partial charge in [0.15, 0.2) is 0 Å². The van der Waals surface area contributed by atoms with E-state index in [-0.39, 0.29) is 5.95 Å². The zero-order valence-corrected chi connectivity index (χ0v) is 12.8. The largest absolute Gasteiger partial charge is 0.463 e. The maximum Gasteiger partial charge on any atom is 0.323 e. The molecule has 2 aliphatic heterocycles. The molecule has 1 aromatic heterocycles. The van der Waals surface area contributed by atoms with Crippen LogP contribution in [0.2, 0.25) is 0 Å². The van der Waals surface area contributed by atoms with E-state index in [9.17, 15) is 0 Å². The topological polar surface area (TPSA) is 80.4 Å². The molecular formula is C14H24N6O. The predicted molar refractivity (Wildman–Crippen MR) is 81.4 cm³/mol. The zero-order chi connectivity index (χ0) is 14.8. The van der Waals surface area contributed by atoms with Gasteiger partial charge in [0.1, 0.15) is 0 Å². The number of rotatable bonds is 4. The second-order valence-electron chi connectivity index (χ2n) is 5.91. The van der Waals surface area contributed by atoms with E-state index in [1.54, 1.807) is 0 Å². The molecule has 0 saturated carbocycles. The second kappa shape index (κ2) is 6.01. The predicted octanol–water partition coefficient (Wildman–Crippen LogP) is 0.916. The number of ether oxygens (including phenoxy) is 1. The van der Waals surface area contributed by atoms with E-state index in [0.717, 1.165) is 25.9 Å². The third-order valence-electron chi connectivity index (χ3n) is 4.49. The van der Waals surface area contributed by atoms with Crippen LogP contribution < -0.4 is 15.4 Å². The summed E-state index contributed by atoms with van der Waals surface area (Å²) in [7, 11) is 2.23. The summed E-state index contributed by atoms with van der Waals surface area (Å²) >= 11 is 0. The molecule has 3 heterocycles. The van der Waals surface area contributed by atoms with E-state index in [2.05, 4.69) is 31.8 Å². The minimum Gasteiger partial charge on any atom is -0.463 e. The van der Waals surface area contributed by atoms with Crippen LogP contribution in [0.1, 0.15) is 32.6 Å². The summed E-state index contributed by atoms with van der Waals surface area (Å²) in [6.07, 6.45) is 4.61. The van der Waals surface area contributed by atoms with Gasteiger partial charge in [0.2, 0.25) is 11.9 Å². The van der Waals surface area contributed by atoms with Crippen LogP contribution in [0.4, 0.5) is 11.9 Å². The minimum atomic E-state index is 0.230. The molecule has 3 rings (SSSR count). The Morgan fingerprint density at radius 1 is 1.19 bits per heavy atom. The second-order valence-corrected chi connectivity index (χ2v) is 5.91. The van der Waals surface area contributed by atoms with Gasteiger partial charge in [-0.2, -0.15) is 15.0 Å². The van der Waals surface area contributed by atoms with Crippen molar-refractivity contribution in [2.24, 2.45) is 0 Å². The summed E-state index contributed by atoms with van der Waals surface area (Å²) in [4.78, 5) is 17.5. The van der Waals surface area contributed by atoms with Crippen LogP contribution in [-0.2, 0) is 0 Å². The van der Waals surface area contributed by atoms with Gasteiger partial charge in [0.25, 0.3) is 0 Å². The molecule has 0 aromatic carbocycles. The van der Waals surface area contributed by atoms with Gasteiger partial charge in [0.05, 0.1) is 6.61 Å². The number of anilines is 2. The smallest absolute Gasteiger partial charge is 0.323 e. The summed E-state index contributed by atoms with van der Waals surface area (Å²) < 4.78 is 5.50. The number of nitrogen functional groups attached to an aromatic ring is 1. The Hall–Kier alpha value is -1.63. The highest BCUT2D eigenvalue weighted by Crippen LogP contribution is 2.30. The lowest BCUT2D eigenvalue weighted by atomic mass is 10.1. The summed E-state index contributed by atoms with van der Waals surface area (Å²) in [5.41, 5.74) is 5.80. The van der Waals surface area contributed by atoms with E-state index in [0.29, 0.717) is 30.6 Å². The van der Waals surface area contributed by atoms with Crippen LogP contribution in [0.5, 0.6) is 6.01 Å². The van der Waals surface area contributed by atoms with Crippen LogP contribution in [0.25, 0.3) is 0 Å². The normalized spacial score (nSPS) is 25.9. The molecule has 1 aromatic rings. The molecule has 0 aliphatic carbocycles. The van der Waals surface area contributed by atoms with Gasteiger partial charge < -0.3 is 15.4 Å². The van der Waals surface area contributed by atoms with Crippen molar-refractivity contribution in [1.82, 2.24) is 19.9 Å². The van der Waals surface area contributed by atoms with Crippen LogP contribution >= 0.6 is 0 Å². The van der Waals surface area contributed by atoms with Crippen LogP contribution in [-0.4, -0.2) is 58.7 Å². The quantitative estimate of drug-likeness (QED) is 0.883. The summed E-state index contributed by atoms with van der Waals surface area (Å²) in [5.74, 6) is 0.878. The van der Waals surface area contributed by atoms with Gasteiger partial charge in [-0.25, -0.2) is 0 Å². The van der Waals surface area contributed by atoms with Gasteiger partial charge in [-0.05, 0) is 32.7 Å². The van der Waals surface area contributed by atoms with E-state index < -0.39 is 0 Å². The van der Waals surface area contributed by atoms with Crippen molar-refractivity contribution in [2.45, 2.75) is 44.7 Å². The van der Waals surface area contributed by atoms with Gasteiger partial charge in [0, 0.05) is 25.2 Å². The fraction of sp³-hybridized carbons (Fsp3) is 0.786. The van der Waals surface area contributed by atoms with Crippen molar-refractivity contribution in [3.05, 3.63) is 0 Å². The highest BCUT2D eigenvalue weighted by molar-refractivity contribution is 5.36. The van der Waals surface area contributed by atoms with E-state index in [4.69, 9.17) is 10.5 Å². The lowest BCUT2D eigenvalue weighted by molar-refractivity contribution is 0.254. The van der Waals surface area contributed by atoms with Crippen molar-refractivity contribution in [3.8, 4) is 6.01 Å². The fourth-order valence-electron chi connectivity index (χ4n) is 3.25. The highest BCUT2D eigenvalue weighted by Gasteiger charge is 2.35. The number of nitrogens with zero attached hydrogens (tertiary/aromatic N) is 5. The van der Waals surface area contributed by atoms with Crippen molar-refractivity contribution in [2.75, 3.05) is 37.4 Å². The molecule has 7 heteroatoms. The number of aromatic nitrogens is 3. The van der Waals surface area contributed by atoms with Crippen molar-refractivity contribution in [1.29, 1.82) is 0 Å². The molecule has 21 heavy (non-hydrogen) atoms. The molecule has 116 valence electrons. The molecule has 0 radical (unpaired) electrons. The van der Waals surface area contributed by atoms with Gasteiger partial charge >= 0.3 is 6.01 Å². The fourth-order valence-corrected chi connectivity index (χ4v) is 3.25. The van der Waals surface area contributed by atoms with Gasteiger partial charge in [-0.1, -0.05) is 6.92 Å². The average Bonchev–Trinajstić information content (AvgIpc) is 2.69. The maximum atomic E-state index is 5.80. The molecule has 2 fully saturated rings. The van der Waals surface area contributed by atoms with Crippen molar-refractivity contribution >= 4 is 11.9 Å². The molecule has 0 spiro atoms. The molecule has 2 unspecified atom stereocenters. The first-order valence-corrected chi connectivity index (χ1v) is 7.78. The highest BCUT2D eigenvalue weighted by atomic mass is 16.5. The summed E-state index contributed by atoms with van der Waals surface area (Å²) in [6, 6.07) is 1.60. The van der Waals surface area contributed by atoms with Crippen LogP contribution in [0, 0.1) is 0 Å². The number of hydrogen-bond donors (Lipinski definition) is 1. The minimum absolute atomic E-state index is 0.230. The first-order chi connectivity index (χ1) is 10.2. The first kappa shape index (κ1) is 14.3. The monoisotopic (exact) mass is 292 g/mol. The molecule has 2 atom stereocenters. The molecular weight excluding hydrogens is 268 g/mol. The Morgan fingerprint density at radius 2 is 2.00 bits per heavy atom. The molecule has 2 N–H and O–H groups in total. The third kappa shape index (κ3) is 3.02. The van der Waals surface area contributed by atoms with Crippen LogP contribution in [0.3, 0.4) is 0 Å². The zero-order valence-electron chi connectivity index (χ0n) is 12.8. The Kier molecular flexibility index (Phi) is 4.10. The molecule has 2 aliphatic rings. The maximum absolute atomic E-state index is 5.80. The lowest BCUT2D eigenvalue weighted by Crippen LogP contribution is -2.37. The van der Waals surface area contributed by atoms with E-state index >= 15 is 0 Å². The number of fused-ring (bicyclic) bond motifs is 2. The Bertz CT molecular complexity index is 496. The number of hydrogen-bond acceptors (Lipinski definition) is 7. The van der Waals surface area contributed by atoms with Crippen LogP contribution in [0.15, 0.2) is 0 Å². The van der Waals surface area contributed by atoms with Gasteiger partial charge in [-0.15, -0.1) is 0 Å². The number of nitrogens with two attached hydrogens (primary N) is 1. The number of likely N-dealkylation sites (N-methyl/N-ethyl adjacent to an activating group) is 1. The van der Waals surface area contributed by atoms with E-state index in [1.807, 2.05) is 6.92 Å².